The maximum atomic E-state index is 12.6. The second kappa shape index (κ2) is 7.65. The van der Waals surface area contributed by atoms with Gasteiger partial charge in [-0.1, -0.05) is 48.0 Å². The van der Waals surface area contributed by atoms with Gasteiger partial charge in [-0.25, -0.2) is 4.79 Å². The lowest BCUT2D eigenvalue weighted by Crippen LogP contribution is -2.41. The molecule has 132 valence electrons. The van der Waals surface area contributed by atoms with E-state index in [9.17, 15) is 14.4 Å². The molecule has 1 amide bonds. The van der Waals surface area contributed by atoms with Gasteiger partial charge in [-0.15, -0.1) is 0 Å². The number of nitrogens with one attached hydrogen (secondary N) is 1. The van der Waals surface area contributed by atoms with Gasteiger partial charge in [0, 0.05) is 18.0 Å². The molecule has 6 heteroatoms. The fourth-order valence-corrected chi connectivity index (χ4v) is 2.58. The van der Waals surface area contributed by atoms with Gasteiger partial charge in [0.15, 0.2) is 0 Å². The highest BCUT2D eigenvalue weighted by Gasteiger charge is 2.10. The summed E-state index contributed by atoms with van der Waals surface area (Å²) in [6.07, 6.45) is 1.45. The van der Waals surface area contributed by atoms with Crippen LogP contribution in [-0.2, 0) is 17.9 Å². The van der Waals surface area contributed by atoms with Crippen LogP contribution < -0.4 is 16.6 Å². The van der Waals surface area contributed by atoms with Crippen LogP contribution in [0.1, 0.15) is 11.1 Å². The first kappa shape index (κ1) is 17.4. The number of nitrogens with zero attached hydrogens (tertiary/aromatic N) is 2. The number of benzene rings is 2. The average Bonchev–Trinajstić information content (AvgIpc) is 2.64. The lowest BCUT2D eigenvalue weighted by atomic mass is 10.2. The minimum atomic E-state index is -0.514. The molecule has 0 bridgehead atoms. The van der Waals surface area contributed by atoms with Crippen LogP contribution in [0, 0.1) is 6.92 Å². The third-order valence-electron chi connectivity index (χ3n) is 3.97. The molecule has 0 aliphatic rings. The zero-order chi connectivity index (χ0) is 18.5. The molecule has 26 heavy (non-hydrogen) atoms. The van der Waals surface area contributed by atoms with Crippen LogP contribution in [0.25, 0.3) is 0 Å². The molecule has 0 radical (unpaired) electrons. The van der Waals surface area contributed by atoms with E-state index in [0.717, 1.165) is 15.7 Å². The number of aromatic nitrogens is 2. The van der Waals surface area contributed by atoms with E-state index >= 15 is 0 Å². The van der Waals surface area contributed by atoms with Crippen LogP contribution in [0.3, 0.4) is 0 Å². The first-order chi connectivity index (χ1) is 12.5. The number of hydrogen-bond donors (Lipinski definition) is 1. The lowest BCUT2D eigenvalue weighted by molar-refractivity contribution is -0.116. The zero-order valence-electron chi connectivity index (χ0n) is 14.4. The van der Waals surface area contributed by atoms with Crippen LogP contribution in [0.15, 0.2) is 76.4 Å². The summed E-state index contributed by atoms with van der Waals surface area (Å²) < 4.78 is 2.35. The van der Waals surface area contributed by atoms with Crippen LogP contribution in [0.2, 0.25) is 0 Å². The Kier molecular flexibility index (Phi) is 5.12. The molecule has 2 aromatic carbocycles. The van der Waals surface area contributed by atoms with E-state index < -0.39 is 17.2 Å². The van der Waals surface area contributed by atoms with Gasteiger partial charge in [0.25, 0.3) is 5.56 Å². The molecule has 1 heterocycles. The van der Waals surface area contributed by atoms with E-state index in [1.165, 1.54) is 16.8 Å². The second-order valence-corrected chi connectivity index (χ2v) is 6.05. The highest BCUT2D eigenvalue weighted by Crippen LogP contribution is 2.08. The molecule has 0 fully saturated rings. The van der Waals surface area contributed by atoms with Gasteiger partial charge in [-0.3, -0.25) is 18.7 Å². The first-order valence-corrected chi connectivity index (χ1v) is 8.24. The predicted octanol–water partition coefficient (Wildman–Crippen LogP) is 2.01. The Balaban J connectivity index is 1.79. The molecule has 0 unspecified atom stereocenters. The van der Waals surface area contributed by atoms with Gasteiger partial charge in [-0.05, 0) is 24.6 Å². The standard InChI is InChI=1S/C20H19N3O3/c1-15-7-9-17(10-8-15)21-18(24)14-23-19(25)11-12-22(20(23)26)13-16-5-3-2-4-6-16/h2-12H,13-14H2,1H3,(H,21,24). The van der Waals surface area contributed by atoms with Crippen LogP contribution >= 0.6 is 0 Å². The van der Waals surface area contributed by atoms with Crippen molar-refractivity contribution in [2.24, 2.45) is 0 Å². The van der Waals surface area contributed by atoms with E-state index in [1.54, 1.807) is 12.1 Å². The van der Waals surface area contributed by atoms with E-state index in [1.807, 2.05) is 49.4 Å². The summed E-state index contributed by atoms with van der Waals surface area (Å²) in [7, 11) is 0. The monoisotopic (exact) mass is 349 g/mol. The van der Waals surface area contributed by atoms with Crippen molar-refractivity contribution in [3.8, 4) is 0 Å². The van der Waals surface area contributed by atoms with Gasteiger partial charge in [0.05, 0.1) is 6.54 Å². The second-order valence-electron chi connectivity index (χ2n) is 6.05. The number of carbonyl (C=O) groups excluding carboxylic acids is 1. The Labute approximate surface area is 150 Å². The van der Waals surface area contributed by atoms with Crippen LogP contribution in [-0.4, -0.2) is 15.0 Å². The maximum Gasteiger partial charge on any atom is 0.331 e. The van der Waals surface area contributed by atoms with Gasteiger partial charge in [0.1, 0.15) is 6.54 Å². The largest absolute Gasteiger partial charge is 0.331 e. The van der Waals surface area contributed by atoms with Crippen molar-refractivity contribution < 1.29 is 4.79 Å². The molecule has 0 aliphatic heterocycles. The minimum Gasteiger partial charge on any atom is -0.325 e. The smallest absolute Gasteiger partial charge is 0.325 e. The number of rotatable bonds is 5. The summed E-state index contributed by atoms with van der Waals surface area (Å²) in [5.74, 6) is -0.425. The summed E-state index contributed by atoms with van der Waals surface area (Å²) >= 11 is 0. The molecule has 0 aliphatic carbocycles. The third-order valence-corrected chi connectivity index (χ3v) is 3.97. The molecule has 0 atom stereocenters. The molecule has 3 aromatic rings. The Morgan fingerprint density at radius 3 is 2.35 bits per heavy atom. The lowest BCUT2D eigenvalue weighted by Gasteiger charge is -2.10. The van der Waals surface area contributed by atoms with Gasteiger partial charge < -0.3 is 5.32 Å². The SMILES string of the molecule is Cc1ccc(NC(=O)Cn2c(=O)ccn(Cc3ccccc3)c2=O)cc1. The molecular formula is C20H19N3O3. The van der Waals surface area contributed by atoms with Crippen molar-refractivity contribution in [2.45, 2.75) is 20.0 Å². The van der Waals surface area contributed by atoms with E-state index in [2.05, 4.69) is 5.32 Å². The van der Waals surface area contributed by atoms with Crippen molar-refractivity contribution in [3.63, 3.8) is 0 Å². The number of carbonyl (C=O) groups is 1. The van der Waals surface area contributed by atoms with Gasteiger partial charge in [0.2, 0.25) is 5.91 Å². The molecule has 6 nitrogen and oxygen atoms in total. The molecule has 3 rings (SSSR count). The average molecular weight is 349 g/mol. The summed E-state index contributed by atoms with van der Waals surface area (Å²) in [5.41, 5.74) is 1.61. The first-order valence-electron chi connectivity index (χ1n) is 8.24. The number of amides is 1. The Morgan fingerprint density at radius 2 is 1.65 bits per heavy atom. The fraction of sp³-hybridized carbons (Fsp3) is 0.150. The van der Waals surface area contributed by atoms with Crippen molar-refractivity contribution >= 4 is 11.6 Å². The highest BCUT2D eigenvalue weighted by molar-refractivity contribution is 5.90. The predicted molar refractivity (Wildman–Crippen MR) is 100 cm³/mol. The van der Waals surface area contributed by atoms with Crippen molar-refractivity contribution in [1.29, 1.82) is 0 Å². The maximum absolute atomic E-state index is 12.6. The van der Waals surface area contributed by atoms with E-state index in [-0.39, 0.29) is 6.54 Å². The fourth-order valence-electron chi connectivity index (χ4n) is 2.58. The van der Waals surface area contributed by atoms with E-state index in [4.69, 9.17) is 0 Å². The normalized spacial score (nSPS) is 10.5. The van der Waals surface area contributed by atoms with Crippen LogP contribution in [0.4, 0.5) is 5.69 Å². The molecule has 1 N–H and O–H groups in total. The van der Waals surface area contributed by atoms with Gasteiger partial charge >= 0.3 is 5.69 Å². The Morgan fingerprint density at radius 1 is 0.962 bits per heavy atom. The Bertz CT molecular complexity index is 1020. The summed E-state index contributed by atoms with van der Waals surface area (Å²) in [4.78, 5) is 36.8. The van der Waals surface area contributed by atoms with Crippen molar-refractivity contribution in [1.82, 2.24) is 9.13 Å². The molecular weight excluding hydrogens is 330 g/mol. The van der Waals surface area contributed by atoms with Crippen molar-refractivity contribution in [3.05, 3.63) is 98.8 Å². The summed E-state index contributed by atoms with van der Waals surface area (Å²) in [5, 5.41) is 2.69. The molecule has 0 saturated heterocycles. The zero-order valence-corrected chi connectivity index (χ0v) is 14.4. The van der Waals surface area contributed by atoms with E-state index in [0.29, 0.717) is 12.2 Å². The van der Waals surface area contributed by atoms with Crippen LogP contribution in [0.5, 0.6) is 0 Å². The van der Waals surface area contributed by atoms with Crippen molar-refractivity contribution in [2.75, 3.05) is 5.32 Å². The molecule has 0 spiro atoms. The number of hydrogen-bond acceptors (Lipinski definition) is 3. The summed E-state index contributed by atoms with van der Waals surface area (Å²) in [6.45, 7) is 1.95. The van der Waals surface area contributed by atoms with Gasteiger partial charge in [-0.2, -0.15) is 0 Å². The topological polar surface area (TPSA) is 73.1 Å². The third kappa shape index (κ3) is 4.16. The Hall–Kier alpha value is -3.41. The highest BCUT2D eigenvalue weighted by atomic mass is 16.2. The number of anilines is 1. The quantitative estimate of drug-likeness (QED) is 0.766. The minimum absolute atomic E-state index is 0.332. The summed E-state index contributed by atoms with van der Waals surface area (Å²) in [6, 6.07) is 18.0. The molecule has 0 saturated carbocycles. The number of aryl methyl sites for hydroxylation is 1. The molecule has 1 aromatic heterocycles.